The van der Waals surface area contributed by atoms with Gasteiger partial charge in [-0.3, -0.25) is 9.69 Å². The first-order chi connectivity index (χ1) is 15.4. The minimum absolute atomic E-state index is 0.171. The molecule has 32 heavy (non-hydrogen) atoms. The SMILES string of the molecule is CCOC(=O)N(C)c1cc(-c2ccc(OC)cc2)nn(CC=Cc2ccc(Cl)cc2)c1=O. The van der Waals surface area contributed by atoms with Gasteiger partial charge < -0.3 is 9.47 Å². The van der Waals surface area contributed by atoms with E-state index in [4.69, 9.17) is 21.1 Å². The van der Waals surface area contributed by atoms with Gasteiger partial charge in [0.2, 0.25) is 0 Å². The lowest BCUT2D eigenvalue weighted by Gasteiger charge is -2.18. The number of aromatic nitrogens is 2. The molecule has 0 atom stereocenters. The molecule has 0 radical (unpaired) electrons. The number of rotatable bonds is 7. The molecule has 3 aromatic rings. The third-order valence-corrected chi connectivity index (χ3v) is 4.95. The first-order valence-corrected chi connectivity index (χ1v) is 10.4. The molecule has 8 heteroatoms. The Labute approximate surface area is 191 Å². The molecule has 0 saturated carbocycles. The Bertz CT molecular complexity index is 1160. The van der Waals surface area contributed by atoms with Gasteiger partial charge in [-0.1, -0.05) is 35.9 Å². The summed E-state index contributed by atoms with van der Waals surface area (Å²) in [4.78, 5) is 26.5. The van der Waals surface area contributed by atoms with Gasteiger partial charge in [0, 0.05) is 17.6 Å². The van der Waals surface area contributed by atoms with E-state index in [2.05, 4.69) is 5.10 Å². The molecule has 0 unspecified atom stereocenters. The molecule has 0 saturated heterocycles. The van der Waals surface area contributed by atoms with Crippen LogP contribution in [0.15, 0.2) is 65.5 Å². The maximum absolute atomic E-state index is 13.1. The fourth-order valence-corrected chi connectivity index (χ4v) is 3.10. The van der Waals surface area contributed by atoms with Crippen LogP contribution >= 0.6 is 11.6 Å². The summed E-state index contributed by atoms with van der Waals surface area (Å²) in [6, 6.07) is 16.2. The zero-order chi connectivity index (χ0) is 23.1. The molecule has 0 aliphatic carbocycles. The van der Waals surface area contributed by atoms with Gasteiger partial charge in [-0.15, -0.1) is 0 Å². The topological polar surface area (TPSA) is 73.7 Å². The fraction of sp³-hybridized carbons (Fsp3) is 0.208. The van der Waals surface area contributed by atoms with Crippen molar-refractivity contribution in [2.75, 3.05) is 25.7 Å². The molecule has 0 spiro atoms. The molecule has 0 bridgehead atoms. The lowest BCUT2D eigenvalue weighted by Crippen LogP contribution is -2.35. The second kappa shape index (κ2) is 10.6. The number of halogens is 1. The number of benzene rings is 2. The van der Waals surface area contributed by atoms with Gasteiger partial charge >= 0.3 is 6.09 Å². The van der Waals surface area contributed by atoms with Gasteiger partial charge in [0.1, 0.15) is 11.4 Å². The Hall–Kier alpha value is -3.58. The predicted octanol–water partition coefficient (Wildman–Crippen LogP) is 4.88. The van der Waals surface area contributed by atoms with E-state index in [0.717, 1.165) is 11.1 Å². The van der Waals surface area contributed by atoms with Crippen LogP contribution in [0.25, 0.3) is 17.3 Å². The van der Waals surface area contributed by atoms with Crippen LogP contribution in [0.4, 0.5) is 10.5 Å². The molecule has 1 heterocycles. The minimum Gasteiger partial charge on any atom is -0.497 e. The molecule has 3 rings (SSSR count). The fourth-order valence-electron chi connectivity index (χ4n) is 2.98. The van der Waals surface area contributed by atoms with Crippen LogP contribution in [0.2, 0.25) is 5.02 Å². The lowest BCUT2D eigenvalue weighted by molar-refractivity contribution is 0.161. The summed E-state index contributed by atoms with van der Waals surface area (Å²) in [7, 11) is 3.09. The van der Waals surface area contributed by atoms with Gasteiger partial charge in [0.25, 0.3) is 5.56 Å². The summed E-state index contributed by atoms with van der Waals surface area (Å²) in [5.41, 5.74) is 2.03. The minimum atomic E-state index is -0.611. The number of amides is 1. The Kier molecular flexibility index (Phi) is 7.68. The van der Waals surface area contributed by atoms with E-state index < -0.39 is 11.7 Å². The average molecular weight is 454 g/mol. The number of carbonyl (C=O) groups is 1. The summed E-state index contributed by atoms with van der Waals surface area (Å²) in [6.07, 6.45) is 3.09. The second-order valence-corrected chi connectivity index (χ2v) is 7.28. The molecular formula is C24H24ClN3O4. The predicted molar refractivity (Wildman–Crippen MR) is 126 cm³/mol. The van der Waals surface area contributed by atoms with Crippen LogP contribution in [0.5, 0.6) is 5.75 Å². The van der Waals surface area contributed by atoms with Crippen LogP contribution in [0.1, 0.15) is 12.5 Å². The van der Waals surface area contributed by atoms with Crippen LogP contribution in [-0.4, -0.2) is 36.6 Å². The van der Waals surface area contributed by atoms with Crippen molar-refractivity contribution in [3.8, 4) is 17.0 Å². The maximum Gasteiger partial charge on any atom is 0.414 e. The molecule has 166 valence electrons. The summed E-state index contributed by atoms with van der Waals surface area (Å²) in [5, 5.41) is 5.16. The molecule has 0 aliphatic rings. The number of allylic oxidation sites excluding steroid dienone is 1. The Morgan fingerprint density at radius 3 is 2.47 bits per heavy atom. The number of methoxy groups -OCH3 is 1. The van der Waals surface area contributed by atoms with Gasteiger partial charge in [0.05, 0.1) is 26.0 Å². The zero-order valence-corrected chi connectivity index (χ0v) is 18.9. The van der Waals surface area contributed by atoms with Gasteiger partial charge in [-0.05, 0) is 55.0 Å². The first kappa shape index (κ1) is 23.1. The number of hydrogen-bond acceptors (Lipinski definition) is 5. The van der Waals surface area contributed by atoms with Crippen molar-refractivity contribution < 1.29 is 14.3 Å². The normalized spacial score (nSPS) is 10.9. The molecule has 2 aromatic carbocycles. The van der Waals surface area contributed by atoms with Crippen molar-refractivity contribution in [1.29, 1.82) is 0 Å². The van der Waals surface area contributed by atoms with Gasteiger partial charge in [0.15, 0.2) is 0 Å². The van der Waals surface area contributed by atoms with E-state index in [-0.39, 0.29) is 18.8 Å². The third kappa shape index (κ3) is 5.56. The van der Waals surface area contributed by atoms with Crippen molar-refractivity contribution in [2.24, 2.45) is 0 Å². The lowest BCUT2D eigenvalue weighted by atomic mass is 10.1. The van der Waals surface area contributed by atoms with Crippen molar-refractivity contribution in [3.63, 3.8) is 0 Å². The summed E-state index contributed by atoms with van der Waals surface area (Å²) in [5.74, 6) is 0.705. The summed E-state index contributed by atoms with van der Waals surface area (Å²) >= 11 is 5.92. The van der Waals surface area contributed by atoms with E-state index >= 15 is 0 Å². The Morgan fingerprint density at radius 2 is 1.84 bits per heavy atom. The molecule has 0 N–H and O–H groups in total. The van der Waals surface area contributed by atoms with Crippen LogP contribution in [0.3, 0.4) is 0 Å². The van der Waals surface area contributed by atoms with E-state index in [0.29, 0.717) is 16.5 Å². The molecule has 0 aliphatic heterocycles. The molecular weight excluding hydrogens is 430 g/mol. The summed E-state index contributed by atoms with van der Waals surface area (Å²) < 4.78 is 11.6. The van der Waals surface area contributed by atoms with E-state index in [1.807, 2.05) is 48.6 Å². The van der Waals surface area contributed by atoms with E-state index in [1.54, 1.807) is 32.2 Å². The molecule has 1 amide bonds. The second-order valence-electron chi connectivity index (χ2n) is 6.84. The van der Waals surface area contributed by atoms with Crippen molar-refractivity contribution >= 4 is 29.5 Å². The number of nitrogens with zero attached hydrogens (tertiary/aromatic N) is 3. The Morgan fingerprint density at radius 1 is 1.16 bits per heavy atom. The highest BCUT2D eigenvalue weighted by molar-refractivity contribution is 6.30. The van der Waals surface area contributed by atoms with Crippen LogP contribution in [0, 0.1) is 0 Å². The highest BCUT2D eigenvalue weighted by Crippen LogP contribution is 2.23. The quantitative estimate of drug-likeness (QED) is 0.509. The van der Waals surface area contributed by atoms with E-state index in [9.17, 15) is 9.59 Å². The molecule has 1 aromatic heterocycles. The number of ether oxygens (including phenoxy) is 2. The highest BCUT2D eigenvalue weighted by Gasteiger charge is 2.19. The third-order valence-electron chi connectivity index (χ3n) is 4.70. The monoisotopic (exact) mass is 453 g/mol. The van der Waals surface area contributed by atoms with Crippen molar-refractivity contribution in [1.82, 2.24) is 9.78 Å². The maximum atomic E-state index is 13.1. The average Bonchev–Trinajstić information content (AvgIpc) is 2.81. The largest absolute Gasteiger partial charge is 0.497 e. The van der Waals surface area contributed by atoms with Crippen molar-refractivity contribution in [2.45, 2.75) is 13.5 Å². The first-order valence-electron chi connectivity index (χ1n) is 10.0. The van der Waals surface area contributed by atoms with Crippen LogP contribution < -0.4 is 15.2 Å². The number of hydrogen-bond donors (Lipinski definition) is 0. The Balaban J connectivity index is 1.99. The van der Waals surface area contributed by atoms with Crippen LogP contribution in [-0.2, 0) is 11.3 Å². The van der Waals surface area contributed by atoms with Gasteiger partial charge in [-0.25, -0.2) is 9.48 Å². The molecule has 0 fully saturated rings. The summed E-state index contributed by atoms with van der Waals surface area (Å²) in [6.45, 7) is 2.13. The standard InChI is InChI=1S/C24H24ClN3O4/c1-4-32-24(30)27(2)22-16-21(18-9-13-20(31-3)14-10-18)26-28(23(22)29)15-5-6-17-7-11-19(25)12-8-17/h5-14,16H,4,15H2,1-3H3. The number of carbonyl (C=O) groups excluding carboxylic acids is 1. The van der Waals surface area contributed by atoms with E-state index in [1.165, 1.54) is 16.6 Å². The zero-order valence-electron chi connectivity index (χ0n) is 18.1. The number of anilines is 1. The highest BCUT2D eigenvalue weighted by atomic mass is 35.5. The molecule has 7 nitrogen and oxygen atoms in total. The van der Waals surface area contributed by atoms with Gasteiger partial charge in [-0.2, -0.15) is 5.10 Å². The van der Waals surface area contributed by atoms with Crippen molar-refractivity contribution in [3.05, 3.63) is 81.6 Å². The smallest absolute Gasteiger partial charge is 0.414 e.